The van der Waals surface area contributed by atoms with Gasteiger partial charge in [0.15, 0.2) is 5.58 Å². The first-order valence-corrected chi connectivity index (χ1v) is 18.6. The zero-order valence-corrected chi connectivity index (χ0v) is 30.3. The number of rotatable bonds is 6. The molecule has 0 atom stereocenters. The average Bonchev–Trinajstić information content (AvgIpc) is 3.92. The maximum absolute atomic E-state index is 7.09. The molecule has 0 saturated heterocycles. The van der Waals surface area contributed by atoms with Gasteiger partial charge in [0, 0.05) is 56.4 Å². The van der Waals surface area contributed by atoms with Gasteiger partial charge in [-0.05, 0) is 74.5 Å². The van der Waals surface area contributed by atoms with Crippen LogP contribution in [0.3, 0.4) is 0 Å². The molecule has 0 amide bonds. The Kier molecular flexibility index (Phi) is 6.92. The molecule has 11 aromatic rings. The molecule has 8 aromatic carbocycles. The van der Waals surface area contributed by atoms with E-state index in [1.165, 1.54) is 11.1 Å². The van der Waals surface area contributed by atoms with Crippen molar-refractivity contribution < 1.29 is 13.3 Å². The standard InChI is InChI=1S/C50H34N2O3/c1-31-21-25-35(26-22-31)51(33-13-5-3-6-14-33)39-29-44-48(50-45(39)37-17-9-11-19-41(37)55-50)47-43(53-44)30-40(49-46(47)38-18-10-12-20-42(38)54-49)52(34-15-7-4-8-16-34)36-27-23-32(2)24-28-36/h3-30H,1-2H3. The Labute approximate surface area is 316 Å². The number of anilines is 6. The molecule has 11 rings (SSSR count). The van der Waals surface area contributed by atoms with Gasteiger partial charge in [0.25, 0.3) is 0 Å². The molecule has 0 bridgehead atoms. The Morgan fingerprint density at radius 2 is 0.764 bits per heavy atom. The van der Waals surface area contributed by atoms with Crippen LogP contribution in [-0.4, -0.2) is 0 Å². The molecule has 5 heteroatoms. The lowest BCUT2D eigenvalue weighted by Gasteiger charge is -2.26. The third-order valence-corrected chi connectivity index (χ3v) is 10.8. The largest absolute Gasteiger partial charge is 0.456 e. The number of aryl methyl sites for hydroxylation is 2. The first kappa shape index (κ1) is 31.3. The zero-order valence-electron chi connectivity index (χ0n) is 30.3. The number of hydrogen-bond acceptors (Lipinski definition) is 5. The van der Waals surface area contributed by atoms with Gasteiger partial charge >= 0.3 is 0 Å². The molecule has 0 aliphatic rings. The van der Waals surface area contributed by atoms with Crippen molar-refractivity contribution in [1.82, 2.24) is 0 Å². The van der Waals surface area contributed by atoms with E-state index in [0.717, 1.165) is 99.9 Å². The highest BCUT2D eigenvalue weighted by molar-refractivity contribution is 6.35. The van der Waals surface area contributed by atoms with Crippen LogP contribution < -0.4 is 9.80 Å². The number of furan rings is 3. The van der Waals surface area contributed by atoms with Gasteiger partial charge in [-0.2, -0.15) is 0 Å². The molecule has 0 aliphatic heterocycles. The van der Waals surface area contributed by atoms with E-state index in [0.29, 0.717) is 0 Å². The minimum absolute atomic E-state index is 0.731. The smallest absolute Gasteiger partial charge is 0.160 e. The summed E-state index contributed by atoms with van der Waals surface area (Å²) in [5.74, 6) is 0. The Hall–Kier alpha value is -7.24. The van der Waals surface area contributed by atoms with E-state index >= 15 is 0 Å². The van der Waals surface area contributed by atoms with Crippen molar-refractivity contribution in [2.24, 2.45) is 0 Å². The van der Waals surface area contributed by atoms with E-state index in [1.54, 1.807) is 0 Å². The summed E-state index contributed by atoms with van der Waals surface area (Å²) in [4.78, 5) is 4.56. The van der Waals surface area contributed by atoms with Crippen LogP contribution in [0.25, 0.3) is 65.8 Å². The summed E-state index contributed by atoms with van der Waals surface area (Å²) >= 11 is 0. The van der Waals surface area contributed by atoms with E-state index in [9.17, 15) is 0 Å². The molecule has 55 heavy (non-hydrogen) atoms. The maximum Gasteiger partial charge on any atom is 0.160 e. The van der Waals surface area contributed by atoms with Gasteiger partial charge < -0.3 is 23.1 Å². The Morgan fingerprint density at radius 3 is 1.35 bits per heavy atom. The molecule has 0 aliphatic carbocycles. The van der Waals surface area contributed by atoms with Crippen LogP contribution in [0.4, 0.5) is 34.1 Å². The summed E-state index contributed by atoms with van der Waals surface area (Å²) < 4.78 is 20.9. The van der Waals surface area contributed by atoms with Crippen molar-refractivity contribution in [2.75, 3.05) is 9.80 Å². The topological polar surface area (TPSA) is 45.9 Å². The lowest BCUT2D eigenvalue weighted by Crippen LogP contribution is -2.10. The van der Waals surface area contributed by atoms with Crippen molar-refractivity contribution in [3.63, 3.8) is 0 Å². The molecular formula is C50H34N2O3. The summed E-state index contributed by atoms with van der Waals surface area (Å²) in [5, 5.41) is 5.95. The van der Waals surface area contributed by atoms with Crippen LogP contribution in [0, 0.1) is 13.8 Å². The summed E-state index contributed by atoms with van der Waals surface area (Å²) in [6, 6.07) is 59.1. The van der Waals surface area contributed by atoms with Gasteiger partial charge in [0.2, 0.25) is 0 Å². The van der Waals surface area contributed by atoms with Gasteiger partial charge in [-0.3, -0.25) is 0 Å². The Balaban J connectivity index is 1.30. The van der Waals surface area contributed by atoms with Gasteiger partial charge in [0.1, 0.15) is 27.9 Å². The number of hydrogen-bond donors (Lipinski definition) is 0. The van der Waals surface area contributed by atoms with Crippen LogP contribution >= 0.6 is 0 Å². The van der Waals surface area contributed by atoms with Gasteiger partial charge in [-0.15, -0.1) is 0 Å². The van der Waals surface area contributed by atoms with Crippen LogP contribution in [0.5, 0.6) is 0 Å². The van der Waals surface area contributed by atoms with E-state index < -0.39 is 0 Å². The van der Waals surface area contributed by atoms with Crippen molar-refractivity contribution in [2.45, 2.75) is 13.8 Å². The fourth-order valence-corrected chi connectivity index (χ4v) is 8.22. The highest BCUT2D eigenvalue weighted by Gasteiger charge is 2.29. The second-order valence-electron chi connectivity index (χ2n) is 14.3. The molecule has 0 N–H and O–H groups in total. The fourth-order valence-electron chi connectivity index (χ4n) is 8.22. The molecule has 0 saturated carbocycles. The number of nitrogens with zero attached hydrogens (tertiary/aromatic N) is 2. The minimum Gasteiger partial charge on any atom is -0.456 e. The second kappa shape index (κ2) is 12.2. The third-order valence-electron chi connectivity index (χ3n) is 10.8. The summed E-state index contributed by atoms with van der Waals surface area (Å²) in [7, 11) is 0. The predicted molar refractivity (Wildman–Crippen MR) is 227 cm³/mol. The summed E-state index contributed by atoms with van der Waals surface area (Å²) in [6.07, 6.45) is 0. The van der Waals surface area contributed by atoms with Crippen molar-refractivity contribution >= 4 is 99.9 Å². The Morgan fingerprint density at radius 1 is 0.327 bits per heavy atom. The lowest BCUT2D eigenvalue weighted by atomic mass is 10.00. The molecule has 0 fully saturated rings. The normalized spacial score (nSPS) is 11.8. The Bertz CT molecular complexity index is 3210. The first-order chi connectivity index (χ1) is 27.1. The van der Waals surface area contributed by atoms with E-state index in [4.69, 9.17) is 13.3 Å². The van der Waals surface area contributed by atoms with E-state index in [1.807, 2.05) is 30.3 Å². The molecule has 262 valence electrons. The number of fused-ring (bicyclic) bond motifs is 11. The zero-order chi connectivity index (χ0) is 36.6. The van der Waals surface area contributed by atoms with Crippen molar-refractivity contribution in [3.8, 4) is 0 Å². The number of para-hydroxylation sites is 4. The van der Waals surface area contributed by atoms with Crippen molar-refractivity contribution in [1.29, 1.82) is 0 Å². The van der Waals surface area contributed by atoms with Gasteiger partial charge in [-0.1, -0.05) is 108 Å². The average molecular weight is 711 g/mol. The van der Waals surface area contributed by atoms with Crippen LogP contribution in [0.2, 0.25) is 0 Å². The fraction of sp³-hybridized carbons (Fsp3) is 0.0400. The van der Waals surface area contributed by atoms with Crippen LogP contribution in [-0.2, 0) is 0 Å². The van der Waals surface area contributed by atoms with Crippen molar-refractivity contribution in [3.05, 3.63) is 181 Å². The lowest BCUT2D eigenvalue weighted by molar-refractivity contribution is 0.660. The molecule has 0 unspecified atom stereocenters. The third kappa shape index (κ3) is 4.87. The number of benzene rings is 8. The van der Waals surface area contributed by atoms with Gasteiger partial charge in [-0.25, -0.2) is 0 Å². The SMILES string of the molecule is Cc1ccc(N(c2ccccc2)c2cc3oc4cc(N(c5ccccc5)c5ccc(C)cc5)c5c6ccccc6oc5c4c3c3c2oc2ccccc23)cc1. The molecule has 3 heterocycles. The monoisotopic (exact) mass is 710 g/mol. The van der Waals surface area contributed by atoms with Gasteiger partial charge in [0.05, 0.1) is 22.1 Å². The van der Waals surface area contributed by atoms with Crippen LogP contribution in [0.1, 0.15) is 11.1 Å². The highest BCUT2D eigenvalue weighted by Crippen LogP contribution is 2.52. The quantitative estimate of drug-likeness (QED) is 0.172. The summed E-state index contributed by atoms with van der Waals surface area (Å²) in [6.45, 7) is 4.23. The van der Waals surface area contributed by atoms with Crippen LogP contribution in [0.15, 0.2) is 183 Å². The van der Waals surface area contributed by atoms with E-state index in [-0.39, 0.29) is 0 Å². The van der Waals surface area contributed by atoms with E-state index in [2.05, 4.69) is 163 Å². The molecular weight excluding hydrogens is 677 g/mol. The molecule has 3 aromatic heterocycles. The predicted octanol–water partition coefficient (Wildman–Crippen LogP) is 14.9. The molecule has 0 radical (unpaired) electrons. The summed E-state index contributed by atoms with van der Waals surface area (Å²) in [5.41, 5.74) is 13.0. The second-order valence-corrected chi connectivity index (χ2v) is 14.3. The minimum atomic E-state index is 0.731. The highest BCUT2D eigenvalue weighted by atomic mass is 16.3. The molecule has 0 spiro atoms. The molecule has 5 nitrogen and oxygen atoms in total. The first-order valence-electron chi connectivity index (χ1n) is 18.6. The maximum atomic E-state index is 7.09.